The van der Waals surface area contributed by atoms with E-state index in [1.54, 1.807) is 0 Å². The smallest absolute Gasteiger partial charge is 0.164 e. The lowest BCUT2D eigenvalue weighted by molar-refractivity contribution is 1.07. The Morgan fingerprint density at radius 2 is 0.980 bits per heavy atom. The Bertz CT molecular complexity index is 3080. The summed E-state index contributed by atoms with van der Waals surface area (Å²) in [6, 6.07) is 55.9. The average molecular weight is 687 g/mol. The molecule has 238 valence electrons. The first kappa shape index (κ1) is 28.6. The van der Waals surface area contributed by atoms with Crippen LogP contribution in [-0.4, -0.2) is 19.5 Å². The highest BCUT2D eigenvalue weighted by Crippen LogP contribution is 2.46. The van der Waals surface area contributed by atoms with Gasteiger partial charge in [0, 0.05) is 68.8 Å². The van der Waals surface area contributed by atoms with Crippen LogP contribution in [0.5, 0.6) is 0 Å². The minimum absolute atomic E-state index is 0.654. The fraction of sp³-hybridized carbons (Fsp3) is 0. The zero-order chi connectivity index (χ0) is 33.5. The van der Waals surface area contributed by atoms with E-state index in [2.05, 4.69) is 126 Å². The lowest BCUT2D eigenvalue weighted by atomic mass is 10.0. The number of hydrogen-bond donors (Lipinski definition) is 0. The normalized spacial score (nSPS) is 11.9. The molecule has 6 heteroatoms. The summed E-state index contributed by atoms with van der Waals surface area (Å²) in [5.41, 5.74) is 6.39. The fourth-order valence-electron chi connectivity index (χ4n) is 7.57. The number of para-hydroxylation sites is 1. The Morgan fingerprint density at radius 1 is 0.412 bits per heavy atom. The molecule has 0 aliphatic rings. The van der Waals surface area contributed by atoms with Crippen molar-refractivity contribution in [3.8, 4) is 39.9 Å². The Hall–Kier alpha value is -6.21. The van der Waals surface area contributed by atoms with Crippen LogP contribution >= 0.6 is 22.7 Å². The van der Waals surface area contributed by atoms with E-state index in [1.807, 2.05) is 59.1 Å². The average Bonchev–Trinajstić information content (AvgIpc) is 3.87. The predicted molar refractivity (Wildman–Crippen MR) is 216 cm³/mol. The molecule has 4 aromatic heterocycles. The third-order valence-corrected chi connectivity index (χ3v) is 12.2. The van der Waals surface area contributed by atoms with Crippen LogP contribution in [0.15, 0.2) is 158 Å². The number of thiophene rings is 2. The Balaban J connectivity index is 1.28. The third kappa shape index (κ3) is 4.40. The van der Waals surface area contributed by atoms with Gasteiger partial charge in [0.15, 0.2) is 17.5 Å². The van der Waals surface area contributed by atoms with E-state index in [-0.39, 0.29) is 0 Å². The lowest BCUT2D eigenvalue weighted by Crippen LogP contribution is -2.01. The highest BCUT2D eigenvalue weighted by Gasteiger charge is 2.22. The molecule has 0 aliphatic carbocycles. The van der Waals surface area contributed by atoms with Crippen molar-refractivity contribution in [1.29, 1.82) is 0 Å². The second kappa shape index (κ2) is 11.2. The summed E-state index contributed by atoms with van der Waals surface area (Å²) < 4.78 is 7.49. The summed E-state index contributed by atoms with van der Waals surface area (Å²) in [5.74, 6) is 1.97. The van der Waals surface area contributed by atoms with Crippen molar-refractivity contribution in [2.45, 2.75) is 0 Å². The van der Waals surface area contributed by atoms with Gasteiger partial charge in [0.1, 0.15) is 0 Å². The van der Waals surface area contributed by atoms with Gasteiger partial charge in [0.2, 0.25) is 0 Å². The molecule has 0 saturated carbocycles. The first-order valence-corrected chi connectivity index (χ1v) is 18.6. The van der Waals surface area contributed by atoms with E-state index < -0.39 is 0 Å². The van der Waals surface area contributed by atoms with E-state index in [1.165, 1.54) is 56.8 Å². The van der Waals surface area contributed by atoms with Crippen LogP contribution < -0.4 is 0 Å². The minimum Gasteiger partial charge on any atom is -0.308 e. The molecule has 0 unspecified atom stereocenters. The van der Waals surface area contributed by atoms with Gasteiger partial charge >= 0.3 is 0 Å². The van der Waals surface area contributed by atoms with E-state index in [0.29, 0.717) is 17.5 Å². The monoisotopic (exact) mass is 686 g/mol. The molecule has 11 rings (SSSR count). The van der Waals surface area contributed by atoms with Crippen molar-refractivity contribution >= 4 is 84.8 Å². The molecule has 7 aromatic carbocycles. The molecule has 0 aliphatic heterocycles. The van der Waals surface area contributed by atoms with Crippen molar-refractivity contribution in [3.05, 3.63) is 158 Å². The third-order valence-electron chi connectivity index (χ3n) is 9.84. The molecular formula is C45H26N4S2. The van der Waals surface area contributed by atoms with Gasteiger partial charge in [-0.3, -0.25) is 0 Å². The molecule has 4 nitrogen and oxygen atoms in total. The predicted octanol–water partition coefficient (Wildman–Crippen LogP) is 12.7. The van der Waals surface area contributed by atoms with Gasteiger partial charge in [-0.05, 0) is 30.3 Å². The fourth-order valence-corrected chi connectivity index (χ4v) is 9.98. The highest BCUT2D eigenvalue weighted by molar-refractivity contribution is 7.27. The molecule has 0 bridgehead atoms. The number of benzene rings is 7. The summed E-state index contributed by atoms with van der Waals surface area (Å²) >= 11 is 3.69. The van der Waals surface area contributed by atoms with Crippen LogP contribution in [0.4, 0.5) is 0 Å². The van der Waals surface area contributed by atoms with Crippen LogP contribution in [0, 0.1) is 0 Å². The molecule has 4 heterocycles. The standard InChI is InChI=1S/C45H26N4S2/c1-3-13-27(14-4-1)43-46-44(28-15-5-2-6-16-28)48-45(47-43)35-25-29(26-39-40(35)34-19-9-12-22-38(34)50-39)49-36-20-10-7-17-30(36)32-23-24-33-31-18-8-11-21-37(31)51-42(33)41(32)49/h1-26H. The highest BCUT2D eigenvalue weighted by atomic mass is 32.1. The van der Waals surface area contributed by atoms with Gasteiger partial charge in [0.05, 0.1) is 15.7 Å². The van der Waals surface area contributed by atoms with E-state index in [9.17, 15) is 0 Å². The maximum atomic E-state index is 5.24. The first-order valence-electron chi connectivity index (χ1n) is 16.9. The zero-order valence-electron chi connectivity index (χ0n) is 27.1. The number of hydrogen-bond acceptors (Lipinski definition) is 5. The van der Waals surface area contributed by atoms with E-state index in [0.717, 1.165) is 27.8 Å². The summed E-state index contributed by atoms with van der Waals surface area (Å²) in [6.07, 6.45) is 0. The molecule has 51 heavy (non-hydrogen) atoms. The van der Waals surface area contributed by atoms with Crippen molar-refractivity contribution in [2.75, 3.05) is 0 Å². The van der Waals surface area contributed by atoms with E-state index >= 15 is 0 Å². The number of fused-ring (bicyclic) bond motifs is 10. The minimum atomic E-state index is 0.654. The maximum Gasteiger partial charge on any atom is 0.164 e. The van der Waals surface area contributed by atoms with Gasteiger partial charge in [0.25, 0.3) is 0 Å². The van der Waals surface area contributed by atoms with Crippen LogP contribution in [0.3, 0.4) is 0 Å². The van der Waals surface area contributed by atoms with Crippen LogP contribution in [0.1, 0.15) is 0 Å². The summed E-state index contributed by atoms with van der Waals surface area (Å²) in [7, 11) is 0. The van der Waals surface area contributed by atoms with Gasteiger partial charge in [-0.15, -0.1) is 22.7 Å². The number of aromatic nitrogens is 4. The molecule has 11 aromatic rings. The zero-order valence-corrected chi connectivity index (χ0v) is 28.7. The van der Waals surface area contributed by atoms with Gasteiger partial charge in [-0.2, -0.15) is 0 Å². The van der Waals surface area contributed by atoms with Gasteiger partial charge in [-0.25, -0.2) is 15.0 Å². The molecule has 0 radical (unpaired) electrons. The second-order valence-corrected chi connectivity index (χ2v) is 14.9. The van der Waals surface area contributed by atoms with Gasteiger partial charge < -0.3 is 4.57 Å². The summed E-state index contributed by atoms with van der Waals surface area (Å²) in [4.78, 5) is 15.5. The Labute approximate surface area is 300 Å². The second-order valence-electron chi connectivity index (χ2n) is 12.8. The molecule has 0 atom stereocenters. The van der Waals surface area contributed by atoms with Crippen molar-refractivity contribution in [1.82, 2.24) is 19.5 Å². The molecular weight excluding hydrogens is 661 g/mol. The molecule has 0 saturated heterocycles. The Kier molecular flexibility index (Phi) is 6.26. The van der Waals surface area contributed by atoms with Crippen molar-refractivity contribution in [2.24, 2.45) is 0 Å². The topological polar surface area (TPSA) is 43.6 Å². The summed E-state index contributed by atoms with van der Waals surface area (Å²) in [6.45, 7) is 0. The SMILES string of the molecule is c1ccc(-c2nc(-c3ccccc3)nc(-c3cc(-n4c5ccccc5c5ccc6c7ccccc7sc6c54)cc4sc5ccccc5c34)n2)cc1. The van der Waals surface area contributed by atoms with Crippen molar-refractivity contribution < 1.29 is 0 Å². The maximum absolute atomic E-state index is 5.24. The quantitative estimate of drug-likeness (QED) is 0.185. The van der Waals surface area contributed by atoms with Crippen molar-refractivity contribution in [3.63, 3.8) is 0 Å². The largest absolute Gasteiger partial charge is 0.308 e. The lowest BCUT2D eigenvalue weighted by Gasteiger charge is -2.13. The molecule has 0 fully saturated rings. The molecule has 0 amide bonds. The van der Waals surface area contributed by atoms with Crippen LogP contribution in [0.2, 0.25) is 0 Å². The first-order chi connectivity index (χ1) is 25.3. The number of rotatable bonds is 4. The number of nitrogens with zero attached hydrogens (tertiary/aromatic N) is 4. The van der Waals surface area contributed by atoms with Crippen LogP contribution in [0.25, 0.3) is 102 Å². The Morgan fingerprint density at radius 3 is 1.71 bits per heavy atom. The van der Waals surface area contributed by atoms with E-state index in [4.69, 9.17) is 15.0 Å². The molecule has 0 N–H and O–H groups in total. The van der Waals surface area contributed by atoms with Gasteiger partial charge in [-0.1, -0.05) is 127 Å². The van der Waals surface area contributed by atoms with Crippen LogP contribution in [-0.2, 0) is 0 Å². The summed E-state index contributed by atoms with van der Waals surface area (Å²) in [5, 5.41) is 7.44. The molecule has 0 spiro atoms.